The van der Waals surface area contributed by atoms with Gasteiger partial charge in [0.2, 0.25) is 0 Å². The molecule has 0 atom stereocenters. The summed E-state index contributed by atoms with van der Waals surface area (Å²) in [5, 5.41) is 9.81. The molecule has 0 heterocycles. The van der Waals surface area contributed by atoms with E-state index in [4.69, 9.17) is 0 Å². The van der Waals surface area contributed by atoms with E-state index >= 15 is 0 Å². The minimum atomic E-state index is -1.52. The molecule has 3 rings (SSSR count). The predicted molar refractivity (Wildman–Crippen MR) is 103 cm³/mol. The van der Waals surface area contributed by atoms with Crippen molar-refractivity contribution in [1.29, 1.82) is 5.26 Å². The molecule has 24 heavy (non-hydrogen) atoms. The minimum absolute atomic E-state index is 0.715. The van der Waals surface area contributed by atoms with Crippen LogP contribution in [0.4, 0.5) is 0 Å². The second-order valence-electron chi connectivity index (χ2n) is 6.84. The first-order valence-electron chi connectivity index (χ1n) is 8.04. The van der Waals surface area contributed by atoms with Crippen molar-refractivity contribution < 1.29 is 0 Å². The molecule has 0 bridgehead atoms. The zero-order valence-corrected chi connectivity index (χ0v) is 15.2. The van der Waals surface area contributed by atoms with Crippen LogP contribution in [0.1, 0.15) is 11.1 Å². The Balaban J connectivity index is 2.41. The molecule has 2 heteroatoms. The van der Waals surface area contributed by atoms with E-state index in [2.05, 4.69) is 55.4 Å². The van der Waals surface area contributed by atoms with Gasteiger partial charge in [0.25, 0.3) is 0 Å². The van der Waals surface area contributed by atoms with Crippen LogP contribution in [0.2, 0.25) is 19.6 Å². The minimum Gasteiger partial charge on any atom is -0.192 e. The van der Waals surface area contributed by atoms with Crippen LogP contribution < -0.4 is 0 Å². The third-order valence-corrected chi connectivity index (χ3v) is 4.69. The lowest BCUT2D eigenvalue weighted by Crippen LogP contribution is -2.16. The lowest BCUT2D eigenvalue weighted by Gasteiger charge is -2.05. The van der Waals surface area contributed by atoms with Crippen molar-refractivity contribution in [3.63, 3.8) is 0 Å². The lowest BCUT2D eigenvalue weighted by atomic mass is 10.0. The highest BCUT2D eigenvalue weighted by Crippen LogP contribution is 2.41. The van der Waals surface area contributed by atoms with Gasteiger partial charge in [0.1, 0.15) is 14.1 Å². The molecule has 0 N–H and O–H groups in total. The second-order valence-corrected chi connectivity index (χ2v) is 11.6. The number of rotatable bonds is 1. The van der Waals surface area contributed by atoms with E-state index in [0.29, 0.717) is 5.56 Å². The van der Waals surface area contributed by atoms with Crippen LogP contribution in [-0.2, 0) is 0 Å². The molecule has 1 aromatic carbocycles. The van der Waals surface area contributed by atoms with Crippen molar-refractivity contribution in [2.45, 2.75) is 19.6 Å². The Kier molecular flexibility index (Phi) is 4.25. The van der Waals surface area contributed by atoms with Gasteiger partial charge in [0.05, 0.1) is 5.56 Å². The van der Waals surface area contributed by atoms with E-state index in [-0.39, 0.29) is 0 Å². The average Bonchev–Trinajstić information content (AvgIpc) is 2.69. The van der Waals surface area contributed by atoms with Crippen molar-refractivity contribution >= 4 is 8.07 Å². The summed E-state index contributed by atoms with van der Waals surface area (Å²) in [6, 6.07) is 22.6. The van der Waals surface area contributed by atoms with Crippen molar-refractivity contribution in [2.75, 3.05) is 0 Å². The number of benzene rings is 1. The monoisotopic (exact) mass is 325 g/mol. The van der Waals surface area contributed by atoms with Gasteiger partial charge in [-0.2, -0.15) is 5.26 Å². The van der Waals surface area contributed by atoms with E-state index in [9.17, 15) is 5.26 Å². The Bertz CT molecular complexity index is 947. The van der Waals surface area contributed by atoms with Gasteiger partial charge in [-0.3, -0.25) is 0 Å². The molecule has 0 aliphatic heterocycles. The van der Waals surface area contributed by atoms with E-state index < -0.39 is 8.07 Å². The summed E-state index contributed by atoms with van der Waals surface area (Å²) in [6.45, 7) is 6.70. The van der Waals surface area contributed by atoms with Gasteiger partial charge < -0.3 is 0 Å². The van der Waals surface area contributed by atoms with Gasteiger partial charge in [-0.25, -0.2) is 0 Å². The van der Waals surface area contributed by atoms with Crippen LogP contribution in [-0.4, -0.2) is 8.07 Å². The summed E-state index contributed by atoms with van der Waals surface area (Å²) in [7, 11) is -1.52. The Morgan fingerprint density at radius 1 is 0.750 bits per heavy atom. The summed E-state index contributed by atoms with van der Waals surface area (Å²) in [4.78, 5) is 0. The Morgan fingerprint density at radius 2 is 1.29 bits per heavy atom. The summed E-state index contributed by atoms with van der Waals surface area (Å²) in [5.74, 6) is 3.42. The quantitative estimate of drug-likeness (QED) is 0.424. The van der Waals surface area contributed by atoms with Crippen LogP contribution >= 0.6 is 0 Å². The van der Waals surface area contributed by atoms with Crippen LogP contribution in [0.3, 0.4) is 0 Å². The lowest BCUT2D eigenvalue weighted by molar-refractivity contribution is 1.50. The van der Waals surface area contributed by atoms with Gasteiger partial charge in [-0.1, -0.05) is 86.2 Å². The number of fused-ring (bicyclic) bond motifs is 1. The molecule has 2 aliphatic rings. The molecule has 2 aliphatic carbocycles. The molecular formula is C22H19NSi. The van der Waals surface area contributed by atoms with Crippen LogP contribution in [0.15, 0.2) is 60.7 Å². The maximum absolute atomic E-state index is 9.81. The zero-order valence-electron chi connectivity index (χ0n) is 14.2. The molecule has 0 fully saturated rings. The molecule has 0 spiro atoms. The first kappa shape index (κ1) is 16.1. The predicted octanol–water partition coefficient (Wildman–Crippen LogP) is 5.56. The largest absolute Gasteiger partial charge is 0.192 e. The summed E-state index contributed by atoms with van der Waals surface area (Å²) < 4.78 is 0. The summed E-state index contributed by atoms with van der Waals surface area (Å²) in [5.41, 5.74) is 9.20. The SMILES string of the molecule is C[Si](C)(C)C#Cc1c2cccccc-2c(C#N)c1-c1ccccc1. The fourth-order valence-corrected chi connectivity index (χ4v) is 3.27. The Morgan fingerprint density at radius 3 is 1.83 bits per heavy atom. The van der Waals surface area contributed by atoms with Gasteiger partial charge >= 0.3 is 0 Å². The molecular weight excluding hydrogens is 306 g/mol. The Hall–Kier alpha value is -2.81. The third-order valence-electron chi connectivity index (χ3n) is 3.81. The van der Waals surface area contributed by atoms with Gasteiger partial charge in [-0.05, 0) is 11.1 Å². The van der Waals surface area contributed by atoms with Crippen LogP contribution in [0.25, 0.3) is 22.3 Å². The Labute approximate surface area is 144 Å². The van der Waals surface area contributed by atoms with Gasteiger partial charge in [0.15, 0.2) is 0 Å². The van der Waals surface area contributed by atoms with Crippen molar-refractivity contribution in [1.82, 2.24) is 0 Å². The highest BCUT2D eigenvalue weighted by Gasteiger charge is 2.22. The highest BCUT2D eigenvalue weighted by atomic mass is 28.3. The van der Waals surface area contributed by atoms with Crippen molar-refractivity contribution in [2.24, 2.45) is 0 Å². The van der Waals surface area contributed by atoms with Crippen molar-refractivity contribution in [3.05, 3.63) is 71.8 Å². The molecule has 1 nitrogen and oxygen atoms in total. The third kappa shape index (κ3) is 3.11. The van der Waals surface area contributed by atoms with Gasteiger partial charge in [0, 0.05) is 16.7 Å². The number of hydrogen-bond acceptors (Lipinski definition) is 1. The molecule has 0 saturated carbocycles. The molecule has 0 saturated heterocycles. The number of hydrogen-bond donors (Lipinski definition) is 0. The molecule has 0 radical (unpaired) electrons. The van der Waals surface area contributed by atoms with E-state index in [1.807, 2.05) is 42.5 Å². The topological polar surface area (TPSA) is 23.8 Å². The first-order chi connectivity index (χ1) is 11.5. The maximum Gasteiger partial charge on any atom is 0.129 e. The van der Waals surface area contributed by atoms with Crippen LogP contribution in [0.5, 0.6) is 0 Å². The molecule has 0 amide bonds. The summed E-state index contributed by atoms with van der Waals surface area (Å²) >= 11 is 0. The van der Waals surface area contributed by atoms with Crippen molar-refractivity contribution in [3.8, 4) is 39.8 Å². The van der Waals surface area contributed by atoms with Crippen LogP contribution in [0, 0.1) is 22.8 Å². The molecule has 0 aromatic heterocycles. The standard InChI is InChI=1S/C22H19NSi/c1-24(2,3)15-14-20-18-12-8-5-9-13-19(18)21(16-23)22(20)17-10-6-4-7-11-17/h4-13H,1-3H3. The fraction of sp³-hybridized carbons (Fsp3) is 0.136. The second kappa shape index (κ2) is 6.36. The molecule has 0 unspecified atom stereocenters. The highest BCUT2D eigenvalue weighted by molar-refractivity contribution is 6.83. The summed E-state index contributed by atoms with van der Waals surface area (Å²) in [6.07, 6.45) is 0. The molecule has 116 valence electrons. The first-order valence-corrected chi connectivity index (χ1v) is 11.5. The fourth-order valence-electron chi connectivity index (χ4n) is 2.77. The smallest absolute Gasteiger partial charge is 0.129 e. The molecule has 1 aromatic rings. The van der Waals surface area contributed by atoms with Gasteiger partial charge in [-0.15, -0.1) is 5.54 Å². The zero-order chi connectivity index (χ0) is 17.2. The normalized spacial score (nSPS) is 10.8. The number of nitrogens with zero attached hydrogens (tertiary/aromatic N) is 1. The number of nitriles is 1. The van der Waals surface area contributed by atoms with E-state index in [0.717, 1.165) is 27.8 Å². The van der Waals surface area contributed by atoms with E-state index in [1.54, 1.807) is 0 Å². The average molecular weight is 325 g/mol. The van der Waals surface area contributed by atoms with E-state index in [1.165, 1.54) is 0 Å². The maximum atomic E-state index is 9.81.